The van der Waals surface area contributed by atoms with Gasteiger partial charge in [-0.2, -0.15) is 0 Å². The summed E-state index contributed by atoms with van der Waals surface area (Å²) < 4.78 is 21.2. The Morgan fingerprint density at radius 1 is 1.16 bits per heavy atom. The lowest BCUT2D eigenvalue weighted by Crippen LogP contribution is -2.20. The van der Waals surface area contributed by atoms with E-state index in [9.17, 15) is 9.18 Å². The molecule has 1 amide bonds. The molecule has 9 heteroatoms. The highest BCUT2D eigenvalue weighted by Crippen LogP contribution is 2.31. The van der Waals surface area contributed by atoms with Crippen LogP contribution in [-0.4, -0.2) is 45.5 Å². The molecule has 1 saturated heterocycles. The maximum Gasteiger partial charge on any atom is 0.257 e. The third kappa shape index (κ3) is 3.41. The summed E-state index contributed by atoms with van der Waals surface area (Å²) in [6, 6.07) is 4.88. The van der Waals surface area contributed by atoms with Gasteiger partial charge in [0, 0.05) is 31.5 Å². The second-order valence-corrected chi connectivity index (χ2v) is 7.58. The van der Waals surface area contributed by atoms with E-state index in [0.717, 1.165) is 31.6 Å². The fraction of sp³-hybridized carbons (Fsp3) is 0.273. The second-order valence-electron chi connectivity index (χ2n) is 7.58. The molecule has 0 bridgehead atoms. The number of hydrogen-bond donors (Lipinski definition) is 1. The predicted octanol–water partition coefficient (Wildman–Crippen LogP) is 3.59. The highest BCUT2D eigenvalue weighted by molar-refractivity contribution is 6.13. The van der Waals surface area contributed by atoms with E-state index in [1.165, 1.54) is 13.2 Å². The molecule has 8 nitrogen and oxygen atoms in total. The van der Waals surface area contributed by atoms with Crippen LogP contribution in [0.1, 0.15) is 28.9 Å². The predicted molar refractivity (Wildman–Crippen MR) is 115 cm³/mol. The lowest BCUT2D eigenvalue weighted by atomic mass is 10.1. The summed E-state index contributed by atoms with van der Waals surface area (Å²) in [7, 11) is 1.50. The van der Waals surface area contributed by atoms with Gasteiger partial charge in [-0.1, -0.05) is 0 Å². The zero-order chi connectivity index (χ0) is 21.5. The fourth-order valence-corrected chi connectivity index (χ4v) is 4.01. The van der Waals surface area contributed by atoms with Crippen LogP contribution in [0.2, 0.25) is 0 Å². The van der Waals surface area contributed by atoms with E-state index >= 15 is 0 Å². The number of carbonyl (C=O) groups excluding carboxylic acids is 1. The van der Waals surface area contributed by atoms with Crippen molar-refractivity contribution in [2.45, 2.75) is 19.8 Å². The number of rotatable bonds is 4. The fourth-order valence-electron chi connectivity index (χ4n) is 4.01. The number of imidazole rings is 1. The number of amides is 1. The van der Waals surface area contributed by atoms with E-state index in [2.05, 4.69) is 25.2 Å². The van der Waals surface area contributed by atoms with Crippen molar-refractivity contribution in [3.8, 4) is 5.88 Å². The van der Waals surface area contributed by atoms with Crippen LogP contribution in [0.5, 0.6) is 5.88 Å². The van der Waals surface area contributed by atoms with Gasteiger partial charge in [-0.05, 0) is 31.9 Å². The topological polar surface area (TPSA) is 84.6 Å². The maximum absolute atomic E-state index is 14.4. The van der Waals surface area contributed by atoms with Crippen LogP contribution in [0.15, 0.2) is 36.8 Å². The average molecular weight is 420 g/mol. The molecule has 0 aliphatic carbocycles. The quantitative estimate of drug-likeness (QED) is 0.543. The highest BCUT2D eigenvalue weighted by atomic mass is 19.1. The molecule has 4 heterocycles. The highest BCUT2D eigenvalue weighted by Gasteiger charge is 2.21. The van der Waals surface area contributed by atoms with Crippen LogP contribution in [0.4, 0.5) is 15.8 Å². The largest absolute Gasteiger partial charge is 0.480 e. The number of methoxy groups -OCH3 is 1. The van der Waals surface area contributed by atoms with Gasteiger partial charge in [0.25, 0.3) is 5.91 Å². The number of fused-ring (bicyclic) bond motifs is 2. The molecule has 158 valence electrons. The number of halogens is 1. The first-order chi connectivity index (χ1) is 15.0. The zero-order valence-electron chi connectivity index (χ0n) is 17.2. The number of carbonyl (C=O) groups is 1. The molecule has 31 heavy (non-hydrogen) atoms. The zero-order valence-corrected chi connectivity index (χ0v) is 17.2. The molecule has 0 atom stereocenters. The van der Waals surface area contributed by atoms with E-state index in [-0.39, 0.29) is 5.65 Å². The van der Waals surface area contributed by atoms with Crippen LogP contribution in [-0.2, 0) is 0 Å². The van der Waals surface area contributed by atoms with Crippen molar-refractivity contribution in [3.05, 3.63) is 53.9 Å². The van der Waals surface area contributed by atoms with E-state index < -0.39 is 11.7 Å². The van der Waals surface area contributed by atoms with Crippen LogP contribution < -0.4 is 15.0 Å². The van der Waals surface area contributed by atoms with Gasteiger partial charge in [-0.3, -0.25) is 4.79 Å². The van der Waals surface area contributed by atoms with Crippen molar-refractivity contribution in [1.82, 2.24) is 19.4 Å². The minimum Gasteiger partial charge on any atom is -0.480 e. The average Bonchev–Trinajstić information content (AvgIpc) is 3.42. The molecule has 0 unspecified atom stereocenters. The number of anilines is 2. The summed E-state index contributed by atoms with van der Waals surface area (Å²) in [5.41, 5.74) is 3.59. The summed E-state index contributed by atoms with van der Waals surface area (Å²) >= 11 is 0. The Balaban J connectivity index is 1.56. The van der Waals surface area contributed by atoms with E-state index in [4.69, 9.17) is 4.74 Å². The summed E-state index contributed by atoms with van der Waals surface area (Å²) in [5, 5.41) is 2.77. The maximum atomic E-state index is 14.4. The minimum absolute atomic E-state index is 0.214. The van der Waals surface area contributed by atoms with Crippen LogP contribution in [0, 0.1) is 12.7 Å². The first-order valence-corrected chi connectivity index (χ1v) is 10.1. The van der Waals surface area contributed by atoms with E-state index in [1.807, 2.05) is 6.07 Å². The molecular weight excluding hydrogens is 399 g/mol. The van der Waals surface area contributed by atoms with E-state index in [0.29, 0.717) is 33.9 Å². The molecule has 0 spiro atoms. The summed E-state index contributed by atoms with van der Waals surface area (Å²) in [4.78, 5) is 28.5. The number of hydrogen-bond acceptors (Lipinski definition) is 6. The monoisotopic (exact) mass is 420 g/mol. The molecular formula is C22H21FN6O2. The molecule has 5 rings (SSSR count). The molecule has 0 saturated carbocycles. The Morgan fingerprint density at radius 3 is 2.74 bits per heavy atom. The van der Waals surface area contributed by atoms with Gasteiger partial charge in [-0.15, -0.1) is 0 Å². The normalized spacial score (nSPS) is 13.8. The van der Waals surface area contributed by atoms with Crippen LogP contribution in [0.25, 0.3) is 16.7 Å². The molecule has 1 aliphatic rings. The number of nitrogens with one attached hydrogen (secondary N) is 1. The second kappa shape index (κ2) is 7.50. The summed E-state index contributed by atoms with van der Waals surface area (Å²) in [5.74, 6) is -0.598. The molecule has 1 aliphatic heterocycles. The van der Waals surface area contributed by atoms with Gasteiger partial charge < -0.3 is 19.4 Å². The number of aromatic nitrogens is 4. The molecule has 3 aromatic heterocycles. The number of benzene rings is 1. The van der Waals surface area contributed by atoms with Gasteiger partial charge in [0.05, 0.1) is 35.9 Å². The Bertz CT molecular complexity index is 1310. The van der Waals surface area contributed by atoms with Gasteiger partial charge in [0.1, 0.15) is 11.0 Å². The van der Waals surface area contributed by atoms with Gasteiger partial charge in [0.2, 0.25) is 5.88 Å². The first kappa shape index (κ1) is 19.2. The van der Waals surface area contributed by atoms with Gasteiger partial charge in [0.15, 0.2) is 11.5 Å². The summed E-state index contributed by atoms with van der Waals surface area (Å²) in [6.07, 6.45) is 7.12. The molecule has 1 fully saturated rings. The van der Waals surface area contributed by atoms with Gasteiger partial charge in [-0.25, -0.2) is 19.3 Å². The van der Waals surface area contributed by atoms with E-state index in [1.54, 1.807) is 36.0 Å². The van der Waals surface area contributed by atoms with Crippen molar-refractivity contribution in [2.75, 3.05) is 30.4 Å². The lowest BCUT2D eigenvalue weighted by molar-refractivity contribution is 0.102. The molecule has 1 aromatic carbocycles. The standard InChI is InChI=1S/C22H21FN6O2/c1-13-11-29-12-14(9-16(23)21(29)25-13)26-22(30)15-5-6-17(28-7-3-4-8-28)20-19(15)27-18(31-2)10-24-20/h5-6,9-12H,3-4,7-8H2,1-2H3,(H,26,30). The smallest absolute Gasteiger partial charge is 0.257 e. The van der Waals surface area contributed by atoms with Crippen LogP contribution >= 0.6 is 0 Å². The molecule has 4 aromatic rings. The first-order valence-electron chi connectivity index (χ1n) is 10.1. The number of aryl methyl sites for hydroxylation is 1. The third-order valence-corrected chi connectivity index (χ3v) is 5.44. The van der Waals surface area contributed by atoms with Crippen LogP contribution in [0.3, 0.4) is 0 Å². The molecule has 1 N–H and O–H groups in total. The van der Waals surface area contributed by atoms with Crippen molar-refractivity contribution in [3.63, 3.8) is 0 Å². The van der Waals surface area contributed by atoms with Crippen molar-refractivity contribution >= 4 is 34.0 Å². The Hall–Kier alpha value is -3.75. The Labute approximate surface area is 177 Å². The molecule has 0 radical (unpaired) electrons. The Kier molecular flexibility index (Phi) is 4.65. The Morgan fingerprint density at radius 2 is 1.97 bits per heavy atom. The lowest BCUT2D eigenvalue weighted by Gasteiger charge is -2.20. The number of pyridine rings is 1. The summed E-state index contributed by atoms with van der Waals surface area (Å²) in [6.45, 7) is 3.67. The van der Waals surface area contributed by atoms with Crippen molar-refractivity contribution < 1.29 is 13.9 Å². The number of nitrogens with zero attached hydrogens (tertiary/aromatic N) is 5. The van der Waals surface area contributed by atoms with Crippen molar-refractivity contribution in [2.24, 2.45) is 0 Å². The minimum atomic E-state index is -0.512. The van der Waals surface area contributed by atoms with Crippen molar-refractivity contribution in [1.29, 1.82) is 0 Å². The number of ether oxygens (including phenoxy) is 1. The third-order valence-electron chi connectivity index (χ3n) is 5.44. The van der Waals surface area contributed by atoms with Gasteiger partial charge >= 0.3 is 0 Å². The SMILES string of the molecule is COc1cnc2c(N3CCCC3)ccc(C(=O)Nc3cc(F)c4nc(C)cn4c3)c2n1.